The quantitative estimate of drug-likeness (QED) is 0.310. The van der Waals surface area contributed by atoms with Gasteiger partial charge >= 0.3 is 0 Å². The Bertz CT molecular complexity index is 1500. The van der Waals surface area contributed by atoms with Gasteiger partial charge in [-0.1, -0.05) is 41.6 Å². The summed E-state index contributed by atoms with van der Waals surface area (Å²) in [6, 6.07) is 9.14. The zero-order chi connectivity index (χ0) is 26.3. The minimum Gasteiger partial charge on any atom is -0.345 e. The summed E-state index contributed by atoms with van der Waals surface area (Å²) in [7, 11) is 5.17. The maximum atomic E-state index is 12.5. The highest BCUT2D eigenvalue weighted by atomic mass is 35.5. The maximum absolute atomic E-state index is 12.5. The van der Waals surface area contributed by atoms with Gasteiger partial charge in [-0.05, 0) is 48.9 Å². The highest BCUT2D eigenvalue weighted by Crippen LogP contribution is 2.45. The standard InChI is InChI=1S/C26H25ClN6O2S2/c1-5-36-26(35)32(4)25-29-19-10-9-17-21(16-7-6-12-28-14-16)30-33(22(17)23(19)37-25)20-11-8-15(13-18(20)27)24(34)31(2)3/h6-8,11-14H,5,9-10H2,1-4H3. The SMILES string of the molecule is CCSC(=O)N(C)c1nc2c(s1)-c1c(c(-c3cccnc3)nn1-c1ccc(C(=O)N(C)C)cc1Cl)CC2. The van der Waals surface area contributed by atoms with Crippen molar-refractivity contribution in [1.82, 2.24) is 24.6 Å². The highest BCUT2D eigenvalue weighted by molar-refractivity contribution is 8.13. The van der Waals surface area contributed by atoms with Crippen LogP contribution in [0, 0.1) is 0 Å². The molecule has 0 N–H and O–H groups in total. The van der Waals surface area contributed by atoms with Crippen LogP contribution in [0.5, 0.6) is 0 Å². The van der Waals surface area contributed by atoms with E-state index in [2.05, 4.69) is 4.98 Å². The van der Waals surface area contributed by atoms with Crippen molar-refractivity contribution in [2.24, 2.45) is 0 Å². The van der Waals surface area contributed by atoms with Crippen molar-refractivity contribution >= 4 is 51.0 Å². The number of nitrogens with zero attached hydrogens (tertiary/aromatic N) is 6. The molecule has 0 spiro atoms. The van der Waals surface area contributed by atoms with Crippen LogP contribution < -0.4 is 4.90 Å². The number of amides is 2. The van der Waals surface area contributed by atoms with Crippen molar-refractivity contribution in [3.8, 4) is 27.5 Å². The molecule has 1 aliphatic carbocycles. The Balaban J connectivity index is 1.68. The zero-order valence-corrected chi connectivity index (χ0v) is 23.2. The van der Waals surface area contributed by atoms with E-state index in [0.29, 0.717) is 27.2 Å². The van der Waals surface area contributed by atoms with E-state index in [4.69, 9.17) is 21.7 Å². The second kappa shape index (κ2) is 10.3. The number of thioether (sulfide) groups is 1. The Kier molecular flexibility index (Phi) is 7.06. The molecule has 11 heteroatoms. The van der Waals surface area contributed by atoms with Gasteiger partial charge in [0.1, 0.15) is 0 Å². The first-order chi connectivity index (χ1) is 17.8. The summed E-state index contributed by atoms with van der Waals surface area (Å²) in [5.41, 5.74) is 5.83. The van der Waals surface area contributed by atoms with Gasteiger partial charge in [0.15, 0.2) is 5.13 Å². The first kappa shape index (κ1) is 25.4. The molecule has 0 aliphatic heterocycles. The Labute approximate surface area is 228 Å². The summed E-state index contributed by atoms with van der Waals surface area (Å²) in [5.74, 6) is 0.573. The van der Waals surface area contributed by atoms with Crippen LogP contribution in [0.2, 0.25) is 5.02 Å². The van der Waals surface area contributed by atoms with Crippen molar-refractivity contribution < 1.29 is 9.59 Å². The highest BCUT2D eigenvalue weighted by Gasteiger charge is 2.31. The monoisotopic (exact) mass is 552 g/mol. The number of thiazole rings is 1. The number of carbonyl (C=O) groups excluding carboxylic acids is 2. The molecule has 0 bridgehead atoms. The predicted molar refractivity (Wildman–Crippen MR) is 150 cm³/mol. The molecule has 0 saturated heterocycles. The Morgan fingerprint density at radius 3 is 2.68 bits per heavy atom. The lowest BCUT2D eigenvalue weighted by Gasteiger charge is -2.16. The molecule has 4 aromatic rings. The van der Waals surface area contributed by atoms with Crippen LogP contribution >= 0.6 is 34.7 Å². The average Bonchev–Trinajstić information content (AvgIpc) is 3.50. The number of hydrogen-bond acceptors (Lipinski definition) is 7. The number of aromatic nitrogens is 4. The summed E-state index contributed by atoms with van der Waals surface area (Å²) >= 11 is 9.49. The van der Waals surface area contributed by atoms with Crippen LogP contribution in [-0.4, -0.2) is 62.7 Å². The fourth-order valence-corrected chi connectivity index (χ4v) is 6.25. The first-order valence-electron chi connectivity index (χ1n) is 11.7. The van der Waals surface area contributed by atoms with E-state index < -0.39 is 0 Å². The van der Waals surface area contributed by atoms with Crippen molar-refractivity contribution in [3.63, 3.8) is 0 Å². The normalized spacial score (nSPS) is 12.1. The van der Waals surface area contributed by atoms with Gasteiger partial charge in [-0.3, -0.25) is 19.5 Å². The van der Waals surface area contributed by atoms with E-state index in [1.165, 1.54) is 28.0 Å². The molecule has 2 amide bonds. The summed E-state index contributed by atoms with van der Waals surface area (Å²) in [6.45, 7) is 1.95. The number of pyridine rings is 1. The van der Waals surface area contributed by atoms with Crippen LogP contribution in [-0.2, 0) is 12.8 Å². The van der Waals surface area contributed by atoms with Crippen LogP contribution in [0.1, 0.15) is 28.5 Å². The Hall–Kier alpha value is -3.21. The number of aryl methyl sites for hydroxylation is 1. The summed E-state index contributed by atoms with van der Waals surface area (Å²) in [5, 5.41) is 6.04. The number of hydrogen-bond donors (Lipinski definition) is 0. The number of anilines is 1. The lowest BCUT2D eigenvalue weighted by molar-refractivity contribution is 0.0827. The minimum absolute atomic E-state index is 0.0393. The van der Waals surface area contributed by atoms with Crippen molar-refractivity contribution in [1.29, 1.82) is 0 Å². The summed E-state index contributed by atoms with van der Waals surface area (Å²) in [6.07, 6.45) is 5.02. The van der Waals surface area contributed by atoms with Crippen LogP contribution in [0.3, 0.4) is 0 Å². The first-order valence-corrected chi connectivity index (χ1v) is 13.9. The van der Waals surface area contributed by atoms with Gasteiger partial charge in [0.05, 0.1) is 32.7 Å². The van der Waals surface area contributed by atoms with Gasteiger partial charge in [0.2, 0.25) is 0 Å². The van der Waals surface area contributed by atoms with Gasteiger partial charge in [0.25, 0.3) is 11.1 Å². The smallest absolute Gasteiger partial charge is 0.287 e. The van der Waals surface area contributed by atoms with E-state index in [1.54, 1.807) is 50.6 Å². The predicted octanol–water partition coefficient (Wildman–Crippen LogP) is 5.82. The third-order valence-corrected chi connectivity index (χ3v) is 8.38. The topological polar surface area (TPSA) is 84.2 Å². The molecule has 8 nitrogen and oxygen atoms in total. The van der Waals surface area contributed by atoms with E-state index in [9.17, 15) is 9.59 Å². The fraction of sp³-hybridized carbons (Fsp3) is 0.269. The molecule has 37 heavy (non-hydrogen) atoms. The van der Waals surface area contributed by atoms with E-state index in [1.807, 2.05) is 29.8 Å². The van der Waals surface area contributed by atoms with Gasteiger partial charge < -0.3 is 4.90 Å². The second-order valence-electron chi connectivity index (χ2n) is 8.73. The van der Waals surface area contributed by atoms with Gasteiger partial charge in [-0.15, -0.1) is 0 Å². The van der Waals surface area contributed by atoms with E-state index in [0.717, 1.165) is 45.9 Å². The molecule has 3 aromatic heterocycles. The lowest BCUT2D eigenvalue weighted by atomic mass is 9.95. The molecule has 0 saturated carbocycles. The molecule has 0 radical (unpaired) electrons. The van der Waals surface area contributed by atoms with Gasteiger partial charge in [-0.2, -0.15) is 5.10 Å². The minimum atomic E-state index is -0.126. The molecule has 3 heterocycles. The molecular weight excluding hydrogens is 528 g/mol. The fourth-order valence-electron chi connectivity index (χ4n) is 4.28. The molecule has 190 valence electrons. The Morgan fingerprint density at radius 1 is 1.19 bits per heavy atom. The molecule has 1 aromatic carbocycles. The second-order valence-corrected chi connectivity index (χ2v) is 11.3. The largest absolute Gasteiger partial charge is 0.345 e. The average molecular weight is 553 g/mol. The molecular formula is C26H25ClN6O2S2. The number of halogens is 1. The lowest BCUT2D eigenvalue weighted by Crippen LogP contribution is -2.21. The van der Waals surface area contributed by atoms with Crippen LogP contribution in [0.25, 0.3) is 27.5 Å². The van der Waals surface area contributed by atoms with Crippen molar-refractivity contribution in [2.75, 3.05) is 31.8 Å². The molecule has 0 unspecified atom stereocenters. The van der Waals surface area contributed by atoms with Crippen molar-refractivity contribution in [3.05, 3.63) is 64.6 Å². The third-order valence-electron chi connectivity index (χ3n) is 6.09. The summed E-state index contributed by atoms with van der Waals surface area (Å²) < 4.78 is 1.84. The molecule has 0 fully saturated rings. The Morgan fingerprint density at radius 2 is 2.00 bits per heavy atom. The molecule has 1 aliphatic rings. The van der Waals surface area contributed by atoms with Crippen LogP contribution in [0.4, 0.5) is 9.93 Å². The van der Waals surface area contributed by atoms with Gasteiger partial charge in [0, 0.05) is 50.2 Å². The van der Waals surface area contributed by atoms with E-state index in [-0.39, 0.29) is 11.1 Å². The number of carbonyl (C=O) groups is 2. The number of fused-ring (bicyclic) bond motifs is 3. The van der Waals surface area contributed by atoms with Gasteiger partial charge in [-0.25, -0.2) is 9.67 Å². The summed E-state index contributed by atoms with van der Waals surface area (Å²) in [4.78, 5) is 38.2. The zero-order valence-electron chi connectivity index (χ0n) is 20.9. The molecule has 5 rings (SSSR count). The number of rotatable bonds is 5. The third kappa shape index (κ3) is 4.65. The molecule has 0 atom stereocenters. The van der Waals surface area contributed by atoms with Crippen LogP contribution in [0.15, 0.2) is 42.7 Å². The van der Waals surface area contributed by atoms with E-state index >= 15 is 0 Å². The maximum Gasteiger partial charge on any atom is 0.287 e. The number of benzene rings is 1. The van der Waals surface area contributed by atoms with Crippen molar-refractivity contribution in [2.45, 2.75) is 19.8 Å².